The van der Waals surface area contributed by atoms with E-state index in [0.717, 1.165) is 0 Å². The topological polar surface area (TPSA) is 64.6 Å². The Labute approximate surface area is 137 Å². The van der Waals surface area contributed by atoms with E-state index in [4.69, 9.17) is 4.74 Å². The second-order valence-electron chi connectivity index (χ2n) is 5.79. The Kier molecular flexibility index (Phi) is 5.60. The van der Waals surface area contributed by atoms with Crippen molar-refractivity contribution in [2.45, 2.75) is 38.7 Å². The Morgan fingerprint density at radius 2 is 1.32 bits per heavy atom. The highest BCUT2D eigenvalue weighted by atomic mass is 19.4. The third-order valence-electron chi connectivity index (χ3n) is 2.45. The smallest absolute Gasteiger partial charge is 0.441 e. The Morgan fingerprint density at radius 3 is 1.68 bits per heavy atom. The fourth-order valence-corrected chi connectivity index (χ4v) is 1.52. The van der Waals surface area contributed by atoms with E-state index in [1.54, 1.807) is 0 Å². The van der Waals surface area contributed by atoms with Crippen LogP contribution in [-0.4, -0.2) is 17.7 Å². The molecule has 5 nitrogen and oxygen atoms in total. The molecule has 1 aromatic carbocycles. The monoisotopic (exact) mass is 373 g/mol. The summed E-state index contributed by atoms with van der Waals surface area (Å²) in [6, 6.07) is 0.209. The van der Waals surface area contributed by atoms with E-state index >= 15 is 0 Å². The molecule has 0 heterocycles. The van der Waals surface area contributed by atoms with Crippen molar-refractivity contribution < 1.29 is 45.5 Å². The van der Waals surface area contributed by atoms with Gasteiger partial charge >= 0.3 is 24.4 Å². The number of halogens is 6. The summed E-state index contributed by atoms with van der Waals surface area (Å²) in [5.41, 5.74) is -3.90. The Morgan fingerprint density at radius 1 is 0.880 bits per heavy atom. The molecule has 0 spiro atoms. The van der Waals surface area contributed by atoms with Crippen LogP contribution in [0.1, 0.15) is 42.3 Å². The first-order valence-electron chi connectivity index (χ1n) is 6.59. The Balaban J connectivity index is 3.03. The second-order valence-corrected chi connectivity index (χ2v) is 5.79. The average molecular weight is 373 g/mol. The van der Waals surface area contributed by atoms with E-state index in [-0.39, 0.29) is 18.2 Å². The molecule has 0 atom stereocenters. The van der Waals surface area contributed by atoms with Gasteiger partial charge in [-0.1, -0.05) is 0 Å². The van der Waals surface area contributed by atoms with E-state index in [9.17, 15) is 35.9 Å². The van der Waals surface area contributed by atoms with Crippen LogP contribution in [0, 0.1) is 0 Å². The number of benzene rings is 1. The quantitative estimate of drug-likeness (QED) is 0.588. The van der Waals surface area contributed by atoms with Crippen molar-refractivity contribution in [1.82, 2.24) is 5.48 Å². The van der Waals surface area contributed by atoms with Gasteiger partial charge < -0.3 is 9.57 Å². The number of carbonyl (C=O) groups excluding carboxylic acids is 2. The van der Waals surface area contributed by atoms with Gasteiger partial charge in [-0.25, -0.2) is 9.59 Å². The number of alkyl halides is 6. The summed E-state index contributed by atoms with van der Waals surface area (Å²) in [5.74, 6) is -1.62. The zero-order chi connectivity index (χ0) is 19.6. The van der Waals surface area contributed by atoms with Gasteiger partial charge in [0.2, 0.25) is 0 Å². The lowest BCUT2D eigenvalue weighted by atomic mass is 10.0. The van der Waals surface area contributed by atoms with Crippen molar-refractivity contribution >= 4 is 12.1 Å². The lowest BCUT2D eigenvalue weighted by Gasteiger charge is -2.19. The fraction of sp³-hybridized carbons (Fsp3) is 0.429. The van der Waals surface area contributed by atoms with Crippen LogP contribution in [0.25, 0.3) is 0 Å². The van der Waals surface area contributed by atoms with Gasteiger partial charge in [-0.2, -0.15) is 26.3 Å². The molecule has 1 rings (SSSR count). The summed E-state index contributed by atoms with van der Waals surface area (Å²) in [4.78, 5) is 27.1. The number of nitrogens with one attached hydrogen (secondary N) is 1. The molecule has 140 valence electrons. The van der Waals surface area contributed by atoms with E-state index in [1.165, 1.54) is 26.3 Å². The van der Waals surface area contributed by atoms with Gasteiger partial charge in [-0.05, 0) is 39.0 Å². The standard InChI is InChI=1S/C14H13F6NO4/c1-12(2,3)24-11(23)21-25-10(22)7-4-8(13(15,16)17)6-9(5-7)14(18,19)20/h4-6H,1-3H3,(H,21,23). The third kappa shape index (κ3) is 6.51. The number of hydrogen-bond acceptors (Lipinski definition) is 4. The average Bonchev–Trinajstić information content (AvgIpc) is 2.40. The highest BCUT2D eigenvalue weighted by molar-refractivity contribution is 5.90. The van der Waals surface area contributed by atoms with Crippen molar-refractivity contribution in [3.05, 3.63) is 34.9 Å². The molecule has 0 bridgehead atoms. The van der Waals surface area contributed by atoms with E-state index in [1.807, 2.05) is 0 Å². The summed E-state index contributed by atoms with van der Waals surface area (Å²) < 4.78 is 80.8. The summed E-state index contributed by atoms with van der Waals surface area (Å²) in [6.45, 7) is 4.45. The summed E-state index contributed by atoms with van der Waals surface area (Å²) in [6.07, 6.45) is -11.5. The molecule has 25 heavy (non-hydrogen) atoms. The molecule has 0 aromatic heterocycles. The number of hydrogen-bond donors (Lipinski definition) is 1. The number of amides is 1. The lowest BCUT2D eigenvalue weighted by Crippen LogP contribution is -2.34. The minimum atomic E-state index is -5.12. The first-order valence-corrected chi connectivity index (χ1v) is 6.59. The highest BCUT2D eigenvalue weighted by Crippen LogP contribution is 2.36. The second kappa shape index (κ2) is 6.81. The molecule has 0 aliphatic rings. The fourth-order valence-electron chi connectivity index (χ4n) is 1.52. The maximum atomic E-state index is 12.7. The van der Waals surface area contributed by atoms with Crippen LogP contribution in [-0.2, 0) is 21.9 Å². The van der Waals surface area contributed by atoms with Crippen molar-refractivity contribution in [2.24, 2.45) is 0 Å². The van der Waals surface area contributed by atoms with Crippen molar-refractivity contribution in [3.63, 3.8) is 0 Å². The van der Waals surface area contributed by atoms with Gasteiger partial charge in [-0.15, -0.1) is 5.48 Å². The molecule has 0 aliphatic carbocycles. The molecule has 0 unspecified atom stereocenters. The lowest BCUT2D eigenvalue weighted by molar-refractivity contribution is -0.143. The van der Waals surface area contributed by atoms with Crippen molar-refractivity contribution in [3.8, 4) is 0 Å². The third-order valence-corrected chi connectivity index (χ3v) is 2.45. The molecule has 0 aliphatic heterocycles. The predicted molar refractivity (Wildman–Crippen MR) is 71.2 cm³/mol. The molecule has 1 amide bonds. The molecule has 1 N–H and O–H groups in total. The van der Waals surface area contributed by atoms with Gasteiger partial charge in [0.25, 0.3) is 0 Å². The maximum Gasteiger partial charge on any atom is 0.441 e. The zero-order valence-electron chi connectivity index (χ0n) is 13.1. The van der Waals surface area contributed by atoms with Crippen molar-refractivity contribution in [1.29, 1.82) is 0 Å². The Bertz CT molecular complexity index is 629. The van der Waals surface area contributed by atoms with Gasteiger partial charge in [0.15, 0.2) is 0 Å². The molecule has 0 radical (unpaired) electrons. The SMILES string of the molecule is CC(C)(C)OC(=O)NOC(=O)c1cc(C(F)(F)F)cc(C(F)(F)F)c1. The normalized spacial score (nSPS) is 12.5. The molecule has 0 saturated heterocycles. The number of rotatable bonds is 1. The van der Waals surface area contributed by atoms with Gasteiger partial charge in [0.05, 0.1) is 16.7 Å². The van der Waals surface area contributed by atoms with Crippen LogP contribution < -0.4 is 5.48 Å². The number of hydroxylamine groups is 1. The maximum absolute atomic E-state index is 12.7. The largest absolute Gasteiger partial charge is 0.442 e. The van der Waals surface area contributed by atoms with Crippen LogP contribution >= 0.6 is 0 Å². The van der Waals surface area contributed by atoms with Crippen LogP contribution in [0.15, 0.2) is 18.2 Å². The van der Waals surface area contributed by atoms with Gasteiger partial charge in [0.1, 0.15) is 5.60 Å². The predicted octanol–water partition coefficient (Wildman–Crippen LogP) is 4.32. The summed E-state index contributed by atoms with van der Waals surface area (Å²) in [5, 5.41) is 0. The molecular weight excluding hydrogens is 360 g/mol. The van der Waals surface area contributed by atoms with Crippen LogP contribution in [0.4, 0.5) is 31.1 Å². The van der Waals surface area contributed by atoms with Crippen LogP contribution in [0.3, 0.4) is 0 Å². The van der Waals surface area contributed by atoms with Crippen molar-refractivity contribution in [2.75, 3.05) is 0 Å². The minimum absolute atomic E-state index is 0.141. The van der Waals surface area contributed by atoms with Crippen LogP contribution in [0.5, 0.6) is 0 Å². The first kappa shape index (κ1) is 20.6. The molecular formula is C14H13F6NO4. The molecule has 0 saturated carbocycles. The summed E-state index contributed by atoms with van der Waals surface area (Å²) in [7, 11) is 0. The summed E-state index contributed by atoms with van der Waals surface area (Å²) >= 11 is 0. The van der Waals surface area contributed by atoms with E-state index < -0.39 is 46.7 Å². The highest BCUT2D eigenvalue weighted by Gasteiger charge is 2.37. The Hall–Kier alpha value is -2.46. The van der Waals surface area contributed by atoms with E-state index in [0.29, 0.717) is 0 Å². The zero-order valence-corrected chi connectivity index (χ0v) is 13.1. The van der Waals surface area contributed by atoms with Crippen LogP contribution in [0.2, 0.25) is 0 Å². The minimum Gasteiger partial charge on any atom is -0.442 e. The molecule has 11 heteroatoms. The van der Waals surface area contributed by atoms with Gasteiger partial charge in [0, 0.05) is 0 Å². The first-order chi connectivity index (χ1) is 11.1. The molecule has 1 aromatic rings. The number of ether oxygens (including phenoxy) is 1. The number of carbonyl (C=O) groups is 2. The van der Waals surface area contributed by atoms with E-state index in [2.05, 4.69) is 4.84 Å². The van der Waals surface area contributed by atoms with Gasteiger partial charge in [-0.3, -0.25) is 0 Å². The molecule has 0 fully saturated rings.